The first-order valence-electron chi connectivity index (χ1n) is 11.0. The van der Waals surface area contributed by atoms with Gasteiger partial charge in [-0.05, 0) is 56.0 Å². The minimum Gasteiger partial charge on any atom is -0.357 e. The highest BCUT2D eigenvalue weighted by Gasteiger charge is 2.24. The average molecular weight is 443 g/mol. The molecular weight excluding hydrogens is 408 g/mol. The summed E-state index contributed by atoms with van der Waals surface area (Å²) >= 11 is 0. The topological polar surface area (TPSA) is 73.8 Å². The highest BCUT2D eigenvalue weighted by atomic mass is 32.2. The van der Waals surface area contributed by atoms with Gasteiger partial charge in [0.25, 0.3) is 0 Å². The lowest BCUT2D eigenvalue weighted by molar-refractivity contribution is 0.245. The Balaban J connectivity index is 1.60. The van der Waals surface area contributed by atoms with Crippen LogP contribution in [0.15, 0.2) is 58.4 Å². The van der Waals surface area contributed by atoms with Crippen molar-refractivity contribution >= 4 is 15.8 Å². The van der Waals surface area contributed by atoms with E-state index in [0.717, 1.165) is 43.3 Å². The number of hydrogen-bond acceptors (Lipinski definition) is 4. The molecule has 2 aromatic carbocycles. The predicted octanol–water partition coefficient (Wildman–Crippen LogP) is 3.12. The number of aryl methyl sites for hydroxylation is 1. The van der Waals surface area contributed by atoms with Crippen LogP contribution in [0.3, 0.4) is 0 Å². The van der Waals surface area contributed by atoms with E-state index in [-0.39, 0.29) is 0 Å². The molecule has 0 spiro atoms. The second kappa shape index (κ2) is 10.8. The van der Waals surface area contributed by atoms with Crippen molar-refractivity contribution in [1.29, 1.82) is 0 Å². The van der Waals surface area contributed by atoms with Crippen molar-refractivity contribution in [1.82, 2.24) is 15.5 Å². The van der Waals surface area contributed by atoms with Crippen molar-refractivity contribution in [2.75, 3.05) is 25.9 Å². The summed E-state index contributed by atoms with van der Waals surface area (Å²) in [6.45, 7) is 8.13. The number of nitrogens with zero attached hydrogens (tertiary/aromatic N) is 2. The fourth-order valence-electron chi connectivity index (χ4n) is 4.10. The molecule has 0 aliphatic carbocycles. The van der Waals surface area contributed by atoms with Crippen LogP contribution in [-0.2, 0) is 22.9 Å². The Hall–Kier alpha value is -2.38. The van der Waals surface area contributed by atoms with Gasteiger partial charge in [-0.15, -0.1) is 0 Å². The maximum atomic E-state index is 11.8. The first kappa shape index (κ1) is 23.3. The van der Waals surface area contributed by atoms with Crippen LogP contribution in [0.25, 0.3) is 0 Å². The smallest absolute Gasteiger partial charge is 0.191 e. The first-order valence-corrected chi connectivity index (χ1v) is 12.9. The van der Waals surface area contributed by atoms with Crippen LogP contribution in [0.5, 0.6) is 0 Å². The van der Waals surface area contributed by atoms with Crippen LogP contribution in [0.2, 0.25) is 0 Å². The quantitative estimate of drug-likeness (QED) is 0.485. The lowest BCUT2D eigenvalue weighted by atomic mass is 10.1. The molecule has 1 saturated heterocycles. The zero-order chi connectivity index (χ0) is 22.3. The van der Waals surface area contributed by atoms with Crippen molar-refractivity contribution in [3.05, 3.63) is 65.2 Å². The van der Waals surface area contributed by atoms with Gasteiger partial charge in [0.1, 0.15) is 0 Å². The lowest BCUT2D eigenvalue weighted by Crippen LogP contribution is -2.44. The zero-order valence-electron chi connectivity index (χ0n) is 18.8. The monoisotopic (exact) mass is 442 g/mol. The third kappa shape index (κ3) is 6.80. The van der Waals surface area contributed by atoms with E-state index in [9.17, 15) is 8.42 Å². The molecule has 0 radical (unpaired) electrons. The lowest BCUT2D eigenvalue weighted by Gasteiger charge is -2.25. The number of hydrogen-bond donors (Lipinski definition) is 2. The Kier molecular flexibility index (Phi) is 8.09. The normalized spacial score (nSPS) is 17.6. The number of rotatable bonds is 8. The summed E-state index contributed by atoms with van der Waals surface area (Å²) in [4.78, 5) is 7.63. The van der Waals surface area contributed by atoms with Crippen molar-refractivity contribution in [2.45, 2.75) is 50.7 Å². The van der Waals surface area contributed by atoms with E-state index in [1.807, 2.05) is 19.1 Å². The van der Waals surface area contributed by atoms with Crippen molar-refractivity contribution in [2.24, 2.45) is 4.99 Å². The highest BCUT2D eigenvalue weighted by molar-refractivity contribution is 7.90. The number of sulfone groups is 1. The van der Waals surface area contributed by atoms with E-state index in [1.54, 1.807) is 6.07 Å². The van der Waals surface area contributed by atoms with Gasteiger partial charge in [-0.25, -0.2) is 13.4 Å². The van der Waals surface area contributed by atoms with E-state index in [0.29, 0.717) is 17.5 Å². The Labute approximate surface area is 186 Å². The highest BCUT2D eigenvalue weighted by Crippen LogP contribution is 2.20. The number of nitrogens with one attached hydrogen (secondary N) is 2. The molecule has 2 N–H and O–H groups in total. The van der Waals surface area contributed by atoms with Gasteiger partial charge < -0.3 is 10.6 Å². The maximum Gasteiger partial charge on any atom is 0.191 e. The molecule has 1 fully saturated rings. The summed E-state index contributed by atoms with van der Waals surface area (Å²) in [6.07, 6.45) is 3.65. The predicted molar refractivity (Wildman–Crippen MR) is 127 cm³/mol. The molecule has 0 aromatic heterocycles. The number of likely N-dealkylation sites (tertiary alicyclic amines) is 1. The first-order chi connectivity index (χ1) is 14.9. The summed E-state index contributed by atoms with van der Waals surface area (Å²) in [6, 6.07) is 16.5. The van der Waals surface area contributed by atoms with Gasteiger partial charge in [-0.2, -0.15) is 0 Å². The van der Waals surface area contributed by atoms with Gasteiger partial charge in [0.15, 0.2) is 15.8 Å². The fraction of sp³-hybridized carbons (Fsp3) is 0.458. The van der Waals surface area contributed by atoms with Gasteiger partial charge in [-0.3, -0.25) is 4.90 Å². The van der Waals surface area contributed by atoms with Gasteiger partial charge in [0.2, 0.25) is 0 Å². The van der Waals surface area contributed by atoms with E-state index < -0.39 is 9.84 Å². The van der Waals surface area contributed by atoms with Crippen molar-refractivity contribution in [3.63, 3.8) is 0 Å². The Morgan fingerprint density at radius 3 is 2.58 bits per heavy atom. The molecular formula is C24H34N4O2S. The average Bonchev–Trinajstić information content (AvgIpc) is 3.17. The Bertz CT molecular complexity index is 990. The van der Waals surface area contributed by atoms with Gasteiger partial charge in [-0.1, -0.05) is 42.5 Å². The van der Waals surface area contributed by atoms with E-state index in [1.165, 1.54) is 24.7 Å². The molecule has 6 nitrogen and oxygen atoms in total. The fourth-order valence-corrected chi connectivity index (χ4v) is 5.06. The van der Waals surface area contributed by atoms with Gasteiger partial charge in [0, 0.05) is 31.9 Å². The summed E-state index contributed by atoms with van der Waals surface area (Å²) in [5, 5.41) is 6.82. The SMILES string of the molecule is CCNC(=NCc1ccc(S(C)(=O)=O)c(C)c1)NCC1CCCN1Cc1ccccc1. The van der Waals surface area contributed by atoms with Crippen LogP contribution < -0.4 is 10.6 Å². The van der Waals surface area contributed by atoms with Crippen molar-refractivity contribution in [3.8, 4) is 0 Å². The molecule has 168 valence electrons. The third-order valence-electron chi connectivity index (χ3n) is 5.64. The molecule has 2 aromatic rings. The molecule has 1 atom stereocenters. The zero-order valence-corrected chi connectivity index (χ0v) is 19.6. The summed E-state index contributed by atoms with van der Waals surface area (Å²) in [7, 11) is -3.20. The standard InChI is InChI=1S/C24H34N4O2S/c1-4-25-24(26-16-21-12-13-23(19(2)15-21)31(3,29)30)27-17-22-11-8-14-28(22)18-20-9-6-5-7-10-20/h5-7,9-10,12-13,15,22H,4,8,11,14,16-18H2,1-3H3,(H2,25,26,27). The van der Waals surface area contributed by atoms with E-state index in [2.05, 4.69) is 52.8 Å². The van der Waals surface area contributed by atoms with Crippen LogP contribution >= 0.6 is 0 Å². The second-order valence-electron chi connectivity index (χ2n) is 8.20. The molecule has 31 heavy (non-hydrogen) atoms. The number of aliphatic imine (C=N–C) groups is 1. The molecule has 1 aliphatic rings. The van der Waals surface area contributed by atoms with Crippen LogP contribution in [0, 0.1) is 6.92 Å². The molecule has 7 heteroatoms. The summed E-state index contributed by atoms with van der Waals surface area (Å²) < 4.78 is 23.6. The molecule has 1 heterocycles. The molecule has 1 aliphatic heterocycles. The van der Waals surface area contributed by atoms with Crippen LogP contribution in [0.4, 0.5) is 0 Å². The molecule has 0 saturated carbocycles. The van der Waals surface area contributed by atoms with E-state index in [4.69, 9.17) is 4.99 Å². The second-order valence-corrected chi connectivity index (χ2v) is 10.2. The molecule has 0 bridgehead atoms. The minimum atomic E-state index is -3.20. The van der Waals surface area contributed by atoms with Crippen molar-refractivity contribution < 1.29 is 8.42 Å². The summed E-state index contributed by atoms with van der Waals surface area (Å²) in [5.41, 5.74) is 3.10. The van der Waals surface area contributed by atoms with Gasteiger partial charge in [0.05, 0.1) is 11.4 Å². The minimum absolute atomic E-state index is 0.380. The van der Waals surface area contributed by atoms with Crippen LogP contribution in [-0.4, -0.2) is 51.2 Å². The van der Waals surface area contributed by atoms with Gasteiger partial charge >= 0.3 is 0 Å². The Morgan fingerprint density at radius 2 is 1.90 bits per heavy atom. The number of benzene rings is 2. The summed E-state index contributed by atoms with van der Waals surface area (Å²) in [5.74, 6) is 0.791. The largest absolute Gasteiger partial charge is 0.357 e. The molecule has 1 unspecified atom stereocenters. The third-order valence-corrected chi connectivity index (χ3v) is 6.89. The maximum absolute atomic E-state index is 11.8. The number of guanidine groups is 1. The molecule has 3 rings (SSSR count). The Morgan fingerprint density at radius 1 is 1.13 bits per heavy atom. The van der Waals surface area contributed by atoms with E-state index >= 15 is 0 Å². The van der Waals surface area contributed by atoms with Crippen LogP contribution in [0.1, 0.15) is 36.5 Å². The molecule has 0 amide bonds.